The van der Waals surface area contributed by atoms with Gasteiger partial charge in [0.25, 0.3) is 0 Å². The van der Waals surface area contributed by atoms with Crippen LogP contribution in [0.5, 0.6) is 0 Å². The van der Waals surface area contributed by atoms with E-state index in [1.165, 1.54) is 25.2 Å². The van der Waals surface area contributed by atoms with Crippen molar-refractivity contribution in [3.63, 3.8) is 0 Å². The highest BCUT2D eigenvalue weighted by Crippen LogP contribution is 2.25. The van der Waals surface area contributed by atoms with Crippen molar-refractivity contribution < 1.29 is 18.3 Å². The molecule has 106 valence electrons. The van der Waals surface area contributed by atoms with Crippen LogP contribution in [0.25, 0.3) is 0 Å². The Balaban J connectivity index is 3.26. The molecule has 1 aromatic carbocycles. The zero-order valence-electron chi connectivity index (χ0n) is 10.3. The van der Waals surface area contributed by atoms with Crippen molar-refractivity contribution >= 4 is 39.2 Å². The highest BCUT2D eigenvalue weighted by Gasteiger charge is 2.31. The van der Waals surface area contributed by atoms with Crippen molar-refractivity contribution in [3.05, 3.63) is 28.2 Å². The maximum atomic E-state index is 12.3. The van der Waals surface area contributed by atoms with Crippen LogP contribution in [0.1, 0.15) is 13.3 Å². The fourth-order valence-corrected chi connectivity index (χ4v) is 3.71. The average molecular weight is 326 g/mol. The molecule has 0 saturated carbocycles. The van der Waals surface area contributed by atoms with Gasteiger partial charge in [-0.1, -0.05) is 30.1 Å². The summed E-state index contributed by atoms with van der Waals surface area (Å²) in [6.07, 6.45) is 0.152. The third kappa shape index (κ3) is 3.60. The van der Waals surface area contributed by atoms with E-state index in [4.69, 9.17) is 28.3 Å². The number of halogens is 2. The van der Waals surface area contributed by atoms with Crippen molar-refractivity contribution in [2.24, 2.45) is 0 Å². The van der Waals surface area contributed by atoms with Crippen LogP contribution >= 0.6 is 23.2 Å². The third-order valence-electron chi connectivity index (χ3n) is 2.62. The lowest BCUT2D eigenvalue weighted by Crippen LogP contribution is -2.41. The van der Waals surface area contributed by atoms with Crippen LogP contribution in [0, 0.1) is 0 Å². The number of hydrogen-bond acceptors (Lipinski definition) is 3. The highest BCUT2D eigenvalue weighted by molar-refractivity contribution is 7.89. The lowest BCUT2D eigenvalue weighted by Gasteiger charge is -2.23. The largest absolute Gasteiger partial charge is 0.480 e. The average Bonchev–Trinajstić information content (AvgIpc) is 2.27. The van der Waals surface area contributed by atoms with Gasteiger partial charge in [0.2, 0.25) is 10.0 Å². The first-order chi connectivity index (χ1) is 8.70. The molecule has 1 N–H and O–H groups in total. The van der Waals surface area contributed by atoms with Crippen LogP contribution in [0.15, 0.2) is 23.1 Å². The van der Waals surface area contributed by atoms with E-state index in [9.17, 15) is 13.2 Å². The maximum Gasteiger partial charge on any atom is 0.321 e. The van der Waals surface area contributed by atoms with Crippen LogP contribution < -0.4 is 0 Å². The minimum atomic E-state index is -3.96. The predicted octanol–water partition coefficient (Wildman–Crippen LogP) is 2.48. The van der Waals surface area contributed by atoms with Gasteiger partial charge in [0, 0.05) is 17.1 Å². The van der Waals surface area contributed by atoms with Gasteiger partial charge in [0.15, 0.2) is 0 Å². The number of aliphatic carboxylic acids is 1. The van der Waals surface area contributed by atoms with Gasteiger partial charge < -0.3 is 5.11 Å². The Bertz CT molecular complexity index is 568. The van der Waals surface area contributed by atoms with E-state index in [0.29, 0.717) is 0 Å². The van der Waals surface area contributed by atoms with Crippen molar-refractivity contribution in [2.45, 2.75) is 24.3 Å². The lowest BCUT2D eigenvalue weighted by atomic mass is 10.2. The summed E-state index contributed by atoms with van der Waals surface area (Å²) in [4.78, 5) is 10.9. The van der Waals surface area contributed by atoms with Crippen LogP contribution in [-0.4, -0.2) is 36.9 Å². The molecule has 0 aliphatic rings. The fourth-order valence-electron chi connectivity index (χ4n) is 1.60. The van der Waals surface area contributed by atoms with Crippen LogP contribution in [-0.2, 0) is 14.8 Å². The van der Waals surface area contributed by atoms with Gasteiger partial charge in [-0.3, -0.25) is 4.79 Å². The minimum Gasteiger partial charge on any atom is -0.480 e. The Morgan fingerprint density at radius 2 is 1.79 bits per heavy atom. The van der Waals surface area contributed by atoms with Gasteiger partial charge >= 0.3 is 5.97 Å². The van der Waals surface area contributed by atoms with Crippen LogP contribution in [0.2, 0.25) is 10.0 Å². The second-order valence-corrected chi connectivity index (χ2v) is 6.76. The van der Waals surface area contributed by atoms with Crippen molar-refractivity contribution in [1.82, 2.24) is 4.31 Å². The number of sulfonamides is 1. The van der Waals surface area contributed by atoms with Crippen molar-refractivity contribution in [1.29, 1.82) is 0 Å². The van der Waals surface area contributed by atoms with Gasteiger partial charge in [0.05, 0.1) is 4.90 Å². The van der Waals surface area contributed by atoms with Crippen LogP contribution in [0.4, 0.5) is 0 Å². The number of carboxylic acid groups (broad SMARTS) is 1. The molecule has 0 saturated heterocycles. The van der Waals surface area contributed by atoms with Gasteiger partial charge in [-0.05, 0) is 24.6 Å². The summed E-state index contributed by atoms with van der Waals surface area (Å²) in [5.74, 6) is -1.21. The molecule has 0 aliphatic carbocycles. The molecule has 0 heterocycles. The first-order valence-electron chi connectivity index (χ1n) is 5.37. The zero-order valence-corrected chi connectivity index (χ0v) is 12.6. The van der Waals surface area contributed by atoms with E-state index in [0.717, 1.165) is 4.31 Å². The number of rotatable bonds is 5. The van der Waals surface area contributed by atoms with Gasteiger partial charge in [-0.2, -0.15) is 4.31 Å². The van der Waals surface area contributed by atoms with Crippen molar-refractivity contribution in [3.8, 4) is 0 Å². The molecule has 5 nitrogen and oxygen atoms in total. The number of hydrogen-bond donors (Lipinski definition) is 1. The molecule has 1 atom stereocenters. The Labute approximate surface area is 121 Å². The molecule has 0 amide bonds. The number of likely N-dealkylation sites (N-methyl/N-ethyl adjacent to an activating group) is 1. The summed E-state index contributed by atoms with van der Waals surface area (Å²) in [7, 11) is -2.74. The maximum absolute atomic E-state index is 12.3. The van der Waals surface area contributed by atoms with E-state index < -0.39 is 22.0 Å². The summed E-state index contributed by atoms with van der Waals surface area (Å²) < 4.78 is 25.4. The van der Waals surface area contributed by atoms with E-state index in [-0.39, 0.29) is 21.4 Å². The molecule has 1 unspecified atom stereocenters. The minimum absolute atomic E-state index is 0.132. The molecule has 19 heavy (non-hydrogen) atoms. The monoisotopic (exact) mass is 325 g/mol. The standard InChI is InChI=1S/C11H13Cl2NO4S/c1-3-10(11(15)16)14(2)19(17,18)9-5-7(12)4-8(13)6-9/h4-6,10H,3H2,1-2H3,(H,15,16). The molecule has 0 spiro atoms. The molecule has 1 aromatic rings. The van der Waals surface area contributed by atoms with Gasteiger partial charge in [0.1, 0.15) is 6.04 Å². The molecule has 0 fully saturated rings. The number of nitrogens with zero attached hydrogens (tertiary/aromatic N) is 1. The zero-order chi connectivity index (χ0) is 14.8. The lowest BCUT2D eigenvalue weighted by molar-refractivity contribution is -0.141. The number of benzene rings is 1. The summed E-state index contributed by atoms with van der Waals surface area (Å²) in [6, 6.07) is 2.72. The second kappa shape index (κ2) is 6.09. The molecular formula is C11H13Cl2NO4S. The molecule has 0 aromatic heterocycles. The van der Waals surface area contributed by atoms with E-state index in [2.05, 4.69) is 0 Å². The summed E-state index contributed by atoms with van der Waals surface area (Å²) in [5.41, 5.74) is 0. The van der Waals surface area contributed by atoms with Crippen molar-refractivity contribution in [2.75, 3.05) is 7.05 Å². The summed E-state index contributed by atoms with van der Waals surface area (Å²) in [5, 5.41) is 9.34. The SMILES string of the molecule is CCC(C(=O)O)N(C)S(=O)(=O)c1cc(Cl)cc(Cl)c1. The molecular weight excluding hydrogens is 313 g/mol. The predicted molar refractivity (Wildman–Crippen MR) is 73.1 cm³/mol. The summed E-state index contributed by atoms with van der Waals surface area (Å²) >= 11 is 11.5. The molecule has 0 radical (unpaired) electrons. The first-order valence-corrected chi connectivity index (χ1v) is 7.56. The smallest absolute Gasteiger partial charge is 0.321 e. The Morgan fingerprint density at radius 3 is 2.16 bits per heavy atom. The molecule has 8 heteroatoms. The number of carbonyl (C=O) groups is 1. The topological polar surface area (TPSA) is 74.7 Å². The highest BCUT2D eigenvalue weighted by atomic mass is 35.5. The van der Waals surface area contributed by atoms with Gasteiger partial charge in [-0.25, -0.2) is 8.42 Å². The first kappa shape index (κ1) is 16.2. The quantitative estimate of drug-likeness (QED) is 0.902. The van der Waals surface area contributed by atoms with E-state index >= 15 is 0 Å². The van der Waals surface area contributed by atoms with Crippen LogP contribution in [0.3, 0.4) is 0 Å². The Morgan fingerprint density at radius 1 is 1.32 bits per heavy atom. The molecule has 0 bridgehead atoms. The Hall–Kier alpha value is -0.820. The summed E-state index contributed by atoms with van der Waals surface area (Å²) in [6.45, 7) is 1.59. The third-order valence-corrected chi connectivity index (χ3v) is 4.90. The van der Waals surface area contributed by atoms with E-state index in [1.807, 2.05) is 0 Å². The van der Waals surface area contributed by atoms with Gasteiger partial charge in [-0.15, -0.1) is 0 Å². The van der Waals surface area contributed by atoms with E-state index in [1.54, 1.807) is 6.92 Å². The normalized spacial score (nSPS) is 13.5. The molecule has 0 aliphatic heterocycles. The second-order valence-electron chi connectivity index (χ2n) is 3.89. The Kier molecular flexibility index (Phi) is 5.20. The molecule has 1 rings (SSSR count). The fraction of sp³-hybridized carbons (Fsp3) is 0.364. The number of carboxylic acids is 1.